The lowest BCUT2D eigenvalue weighted by Crippen LogP contribution is -2.21. The van der Waals surface area contributed by atoms with E-state index in [9.17, 15) is 4.79 Å². The fraction of sp³-hybridized carbons (Fsp3) is 0.136. The normalized spacial score (nSPS) is 10.9. The van der Waals surface area contributed by atoms with Gasteiger partial charge >= 0.3 is 0 Å². The SMILES string of the molecule is CN(C)C(=O)c1ccc(-c2cc(NCc3ccc(Cl)cc3Cl)n3nccc3n2)cc1. The minimum atomic E-state index is -0.0389. The van der Waals surface area contributed by atoms with Gasteiger partial charge in [0.15, 0.2) is 5.65 Å². The summed E-state index contributed by atoms with van der Waals surface area (Å²) in [5, 5.41) is 8.92. The first kappa shape index (κ1) is 20.2. The van der Waals surface area contributed by atoms with Crippen molar-refractivity contribution < 1.29 is 4.79 Å². The van der Waals surface area contributed by atoms with Crippen molar-refractivity contribution in [2.24, 2.45) is 0 Å². The number of anilines is 1. The van der Waals surface area contributed by atoms with Gasteiger partial charge in [-0.25, -0.2) is 4.98 Å². The molecule has 0 bridgehead atoms. The number of carbonyl (C=O) groups is 1. The molecule has 0 radical (unpaired) electrons. The van der Waals surface area contributed by atoms with E-state index in [0.717, 1.165) is 22.6 Å². The molecule has 0 aliphatic carbocycles. The van der Waals surface area contributed by atoms with Crippen molar-refractivity contribution in [2.75, 3.05) is 19.4 Å². The molecule has 8 heteroatoms. The van der Waals surface area contributed by atoms with Gasteiger partial charge in [0.1, 0.15) is 5.82 Å². The van der Waals surface area contributed by atoms with Gasteiger partial charge in [0, 0.05) is 53.9 Å². The smallest absolute Gasteiger partial charge is 0.253 e. The maximum Gasteiger partial charge on any atom is 0.253 e. The molecule has 6 nitrogen and oxygen atoms in total. The first-order valence-electron chi connectivity index (χ1n) is 9.27. The van der Waals surface area contributed by atoms with Gasteiger partial charge < -0.3 is 10.2 Å². The Bertz CT molecular complexity index is 1220. The van der Waals surface area contributed by atoms with Gasteiger partial charge in [-0.15, -0.1) is 0 Å². The Hall–Kier alpha value is -3.09. The Morgan fingerprint density at radius 3 is 2.53 bits per heavy atom. The van der Waals surface area contributed by atoms with Crippen molar-refractivity contribution in [1.82, 2.24) is 19.5 Å². The van der Waals surface area contributed by atoms with E-state index in [1.165, 1.54) is 0 Å². The van der Waals surface area contributed by atoms with E-state index in [-0.39, 0.29) is 5.91 Å². The van der Waals surface area contributed by atoms with Crippen LogP contribution in [0.1, 0.15) is 15.9 Å². The van der Waals surface area contributed by atoms with E-state index in [1.807, 2.05) is 36.4 Å². The Morgan fingerprint density at radius 1 is 1.07 bits per heavy atom. The van der Waals surface area contributed by atoms with Crippen molar-refractivity contribution in [2.45, 2.75) is 6.54 Å². The molecule has 0 aliphatic rings. The number of rotatable bonds is 5. The fourth-order valence-electron chi connectivity index (χ4n) is 3.08. The highest BCUT2D eigenvalue weighted by molar-refractivity contribution is 6.35. The summed E-state index contributed by atoms with van der Waals surface area (Å²) in [4.78, 5) is 18.4. The summed E-state index contributed by atoms with van der Waals surface area (Å²) in [6.07, 6.45) is 1.70. The summed E-state index contributed by atoms with van der Waals surface area (Å²) in [6, 6.07) is 16.6. The molecule has 152 valence electrons. The van der Waals surface area contributed by atoms with E-state index in [0.29, 0.717) is 27.8 Å². The number of nitrogens with one attached hydrogen (secondary N) is 1. The van der Waals surface area contributed by atoms with Crippen LogP contribution >= 0.6 is 23.2 Å². The molecule has 2 aromatic carbocycles. The molecule has 1 N–H and O–H groups in total. The molecule has 4 aromatic rings. The van der Waals surface area contributed by atoms with E-state index in [2.05, 4.69) is 15.4 Å². The van der Waals surface area contributed by atoms with Crippen LogP contribution in [0.4, 0.5) is 5.82 Å². The molecule has 30 heavy (non-hydrogen) atoms. The molecule has 4 rings (SSSR count). The molecule has 0 saturated heterocycles. The number of benzene rings is 2. The van der Waals surface area contributed by atoms with Crippen molar-refractivity contribution in [3.63, 3.8) is 0 Å². The highest BCUT2D eigenvalue weighted by Crippen LogP contribution is 2.25. The maximum atomic E-state index is 12.1. The second kappa shape index (κ2) is 8.34. The van der Waals surface area contributed by atoms with Gasteiger partial charge in [-0.3, -0.25) is 4.79 Å². The first-order chi connectivity index (χ1) is 14.4. The van der Waals surface area contributed by atoms with Gasteiger partial charge in [0.05, 0.1) is 11.9 Å². The first-order valence-corrected chi connectivity index (χ1v) is 10.0. The van der Waals surface area contributed by atoms with E-state index in [1.54, 1.807) is 47.9 Å². The van der Waals surface area contributed by atoms with Crippen molar-refractivity contribution in [1.29, 1.82) is 0 Å². The van der Waals surface area contributed by atoms with Crippen LogP contribution in [0.3, 0.4) is 0 Å². The van der Waals surface area contributed by atoms with E-state index < -0.39 is 0 Å². The minimum absolute atomic E-state index is 0.0389. The quantitative estimate of drug-likeness (QED) is 0.474. The second-order valence-corrected chi connectivity index (χ2v) is 7.84. The van der Waals surface area contributed by atoms with Crippen molar-refractivity contribution in [3.8, 4) is 11.3 Å². The maximum absolute atomic E-state index is 12.1. The zero-order valence-corrected chi connectivity index (χ0v) is 17.9. The molecule has 0 saturated carbocycles. The molecule has 0 atom stereocenters. The Morgan fingerprint density at radius 2 is 1.83 bits per heavy atom. The molecule has 1 amide bonds. The lowest BCUT2D eigenvalue weighted by atomic mass is 10.1. The van der Waals surface area contributed by atoms with Crippen molar-refractivity contribution >= 4 is 40.6 Å². The predicted octanol–water partition coefficient (Wildman–Crippen LogP) is 5.02. The highest BCUT2D eigenvalue weighted by atomic mass is 35.5. The Balaban J connectivity index is 1.65. The number of carbonyl (C=O) groups excluding carboxylic acids is 1. The molecule has 0 unspecified atom stereocenters. The third kappa shape index (κ3) is 4.10. The average molecular weight is 440 g/mol. The molecule has 2 heterocycles. The van der Waals surface area contributed by atoms with Crippen LogP contribution in [-0.4, -0.2) is 39.5 Å². The number of halogens is 2. The number of hydrogen-bond donors (Lipinski definition) is 1. The fourth-order valence-corrected chi connectivity index (χ4v) is 3.55. The second-order valence-electron chi connectivity index (χ2n) is 6.99. The lowest BCUT2D eigenvalue weighted by Gasteiger charge is -2.13. The van der Waals surface area contributed by atoms with Crippen LogP contribution in [0.25, 0.3) is 16.9 Å². The number of aromatic nitrogens is 3. The van der Waals surface area contributed by atoms with Gasteiger partial charge in [-0.05, 0) is 29.8 Å². The van der Waals surface area contributed by atoms with Gasteiger partial charge in [-0.2, -0.15) is 9.61 Å². The number of nitrogens with zero attached hydrogens (tertiary/aromatic N) is 4. The number of amides is 1. The number of hydrogen-bond acceptors (Lipinski definition) is 4. The van der Waals surface area contributed by atoms with Gasteiger partial charge in [0.2, 0.25) is 0 Å². The summed E-state index contributed by atoms with van der Waals surface area (Å²) in [6.45, 7) is 0.505. The number of fused-ring (bicyclic) bond motifs is 1. The largest absolute Gasteiger partial charge is 0.366 e. The molecule has 0 spiro atoms. The zero-order valence-electron chi connectivity index (χ0n) is 16.4. The Labute approximate surface area is 184 Å². The van der Waals surface area contributed by atoms with Crippen LogP contribution in [-0.2, 0) is 6.54 Å². The molecule has 2 aromatic heterocycles. The minimum Gasteiger partial charge on any atom is -0.366 e. The van der Waals surface area contributed by atoms with Gasteiger partial charge in [0.25, 0.3) is 5.91 Å². The molecular formula is C22H19Cl2N5O. The summed E-state index contributed by atoms with van der Waals surface area (Å²) < 4.78 is 1.73. The third-order valence-electron chi connectivity index (χ3n) is 4.67. The molecule has 0 aliphatic heterocycles. The van der Waals surface area contributed by atoms with Crippen LogP contribution in [0.5, 0.6) is 0 Å². The van der Waals surface area contributed by atoms with Crippen LogP contribution in [0.2, 0.25) is 10.0 Å². The highest BCUT2D eigenvalue weighted by Gasteiger charge is 2.11. The summed E-state index contributed by atoms with van der Waals surface area (Å²) in [5.74, 6) is 0.738. The van der Waals surface area contributed by atoms with Gasteiger partial charge in [-0.1, -0.05) is 41.4 Å². The van der Waals surface area contributed by atoms with Crippen molar-refractivity contribution in [3.05, 3.63) is 82.0 Å². The molecule has 0 fully saturated rings. The molecular weight excluding hydrogens is 421 g/mol. The topological polar surface area (TPSA) is 62.5 Å². The van der Waals surface area contributed by atoms with Crippen LogP contribution in [0, 0.1) is 0 Å². The third-order valence-corrected chi connectivity index (χ3v) is 5.26. The summed E-state index contributed by atoms with van der Waals surface area (Å²) in [7, 11) is 3.46. The zero-order chi connectivity index (χ0) is 21.3. The van der Waals surface area contributed by atoms with Crippen LogP contribution < -0.4 is 5.32 Å². The summed E-state index contributed by atoms with van der Waals surface area (Å²) >= 11 is 12.3. The summed E-state index contributed by atoms with van der Waals surface area (Å²) in [5.41, 5.74) is 3.94. The lowest BCUT2D eigenvalue weighted by molar-refractivity contribution is 0.0827. The monoisotopic (exact) mass is 439 g/mol. The predicted molar refractivity (Wildman–Crippen MR) is 120 cm³/mol. The average Bonchev–Trinajstić information content (AvgIpc) is 3.21. The van der Waals surface area contributed by atoms with Crippen LogP contribution in [0.15, 0.2) is 60.8 Å². The standard InChI is InChI=1S/C22H19Cl2N5O/c1-28(2)22(30)15-5-3-14(4-6-15)19-12-21(29-20(27-19)9-10-26-29)25-13-16-7-8-17(23)11-18(16)24/h3-12,25H,13H2,1-2H3. The van der Waals surface area contributed by atoms with E-state index in [4.69, 9.17) is 23.2 Å². The van der Waals surface area contributed by atoms with E-state index >= 15 is 0 Å². The Kier molecular flexibility index (Phi) is 5.61.